The number of nitrogen functional groups attached to an aromatic ring is 1. The van der Waals surface area contributed by atoms with Gasteiger partial charge in [0.15, 0.2) is 0 Å². The van der Waals surface area contributed by atoms with E-state index < -0.39 is 0 Å². The van der Waals surface area contributed by atoms with E-state index in [9.17, 15) is 9.90 Å². The number of aliphatic hydroxyl groups is 1. The number of aliphatic hydroxyl groups excluding tert-OH is 1. The van der Waals surface area contributed by atoms with Crippen LogP contribution >= 0.6 is 0 Å². The minimum Gasteiger partial charge on any atom is -0.399 e. The highest BCUT2D eigenvalue weighted by Crippen LogP contribution is 2.20. The number of amides is 1. The van der Waals surface area contributed by atoms with Gasteiger partial charge >= 0.3 is 0 Å². The third kappa shape index (κ3) is 3.49. The number of hydrogen-bond donors (Lipinski definition) is 2. The zero-order valence-electron chi connectivity index (χ0n) is 12.1. The Morgan fingerprint density at radius 3 is 2.70 bits per heavy atom. The second-order valence-electron chi connectivity index (χ2n) is 5.57. The zero-order chi connectivity index (χ0) is 14.7. The van der Waals surface area contributed by atoms with Crippen LogP contribution in [-0.4, -0.2) is 48.7 Å². The Bertz CT molecular complexity index is 459. The zero-order valence-corrected chi connectivity index (χ0v) is 12.1. The number of hydrogen-bond acceptors (Lipinski definition) is 4. The molecule has 1 saturated heterocycles. The molecule has 2 atom stereocenters. The summed E-state index contributed by atoms with van der Waals surface area (Å²) >= 11 is 0. The predicted octanol–water partition coefficient (Wildman–Crippen LogP) is 0.934. The lowest BCUT2D eigenvalue weighted by molar-refractivity contribution is -0.119. The first kappa shape index (κ1) is 14.8. The second kappa shape index (κ2) is 6.24. The molecule has 110 valence electrons. The van der Waals surface area contributed by atoms with Crippen LogP contribution in [0, 0.1) is 5.92 Å². The van der Waals surface area contributed by atoms with Gasteiger partial charge in [0.1, 0.15) is 0 Å². The third-order valence-corrected chi connectivity index (χ3v) is 4.00. The SMILES string of the molecule is CC(O)C1CCN(CC(=O)N(C)c2ccc(N)cc2)C1. The van der Waals surface area contributed by atoms with Crippen LogP contribution in [0.25, 0.3) is 0 Å². The Morgan fingerprint density at radius 2 is 2.15 bits per heavy atom. The first-order valence-electron chi connectivity index (χ1n) is 7.00. The molecular formula is C15H23N3O2. The lowest BCUT2D eigenvalue weighted by Gasteiger charge is -2.22. The van der Waals surface area contributed by atoms with E-state index in [-0.39, 0.29) is 17.9 Å². The average Bonchev–Trinajstić information content (AvgIpc) is 2.87. The van der Waals surface area contributed by atoms with Crippen molar-refractivity contribution >= 4 is 17.3 Å². The van der Waals surface area contributed by atoms with E-state index >= 15 is 0 Å². The van der Waals surface area contributed by atoms with E-state index in [2.05, 4.69) is 4.90 Å². The Hall–Kier alpha value is -1.59. The molecule has 5 nitrogen and oxygen atoms in total. The molecule has 1 aliphatic rings. The first-order chi connectivity index (χ1) is 9.47. The molecule has 2 rings (SSSR count). The van der Waals surface area contributed by atoms with Crippen molar-refractivity contribution in [3.63, 3.8) is 0 Å². The fraction of sp³-hybridized carbons (Fsp3) is 0.533. The third-order valence-electron chi connectivity index (χ3n) is 4.00. The summed E-state index contributed by atoms with van der Waals surface area (Å²) < 4.78 is 0. The lowest BCUT2D eigenvalue weighted by atomic mass is 10.0. The van der Waals surface area contributed by atoms with Gasteiger partial charge < -0.3 is 15.7 Å². The maximum absolute atomic E-state index is 12.3. The average molecular weight is 277 g/mol. The van der Waals surface area contributed by atoms with Gasteiger partial charge in [-0.2, -0.15) is 0 Å². The van der Waals surface area contributed by atoms with Crippen molar-refractivity contribution in [2.75, 3.05) is 37.3 Å². The van der Waals surface area contributed by atoms with Crippen molar-refractivity contribution in [1.82, 2.24) is 4.90 Å². The van der Waals surface area contributed by atoms with E-state index in [1.54, 1.807) is 24.1 Å². The fourth-order valence-corrected chi connectivity index (χ4v) is 2.54. The molecule has 0 bridgehead atoms. The molecule has 0 saturated carbocycles. The number of nitrogens with two attached hydrogens (primary N) is 1. The van der Waals surface area contributed by atoms with Crippen LogP contribution < -0.4 is 10.6 Å². The molecule has 1 aromatic rings. The maximum atomic E-state index is 12.3. The van der Waals surface area contributed by atoms with Crippen molar-refractivity contribution in [3.8, 4) is 0 Å². The quantitative estimate of drug-likeness (QED) is 0.803. The van der Waals surface area contributed by atoms with Gasteiger partial charge in [0.2, 0.25) is 5.91 Å². The standard InChI is InChI=1S/C15H23N3O2/c1-11(19)12-7-8-18(9-12)10-15(20)17(2)14-5-3-13(16)4-6-14/h3-6,11-12,19H,7-10,16H2,1-2H3. The Labute approximate surface area is 120 Å². The molecule has 20 heavy (non-hydrogen) atoms. The fourth-order valence-electron chi connectivity index (χ4n) is 2.54. The van der Waals surface area contributed by atoms with Crippen molar-refractivity contribution in [3.05, 3.63) is 24.3 Å². The normalized spacial score (nSPS) is 20.9. The molecule has 1 fully saturated rings. The van der Waals surface area contributed by atoms with E-state index in [1.165, 1.54) is 0 Å². The molecule has 0 aromatic heterocycles. The molecule has 2 unspecified atom stereocenters. The number of carbonyl (C=O) groups is 1. The van der Waals surface area contributed by atoms with Gasteiger partial charge in [-0.15, -0.1) is 0 Å². The number of carbonyl (C=O) groups excluding carboxylic acids is 1. The van der Waals surface area contributed by atoms with Crippen LogP contribution in [-0.2, 0) is 4.79 Å². The molecule has 0 aliphatic carbocycles. The summed E-state index contributed by atoms with van der Waals surface area (Å²) in [5, 5.41) is 9.58. The minimum atomic E-state index is -0.301. The van der Waals surface area contributed by atoms with Crippen molar-refractivity contribution in [2.45, 2.75) is 19.4 Å². The van der Waals surface area contributed by atoms with E-state index in [0.29, 0.717) is 12.2 Å². The predicted molar refractivity (Wildman–Crippen MR) is 80.5 cm³/mol. The van der Waals surface area contributed by atoms with Crippen molar-refractivity contribution in [1.29, 1.82) is 0 Å². The highest BCUT2D eigenvalue weighted by Gasteiger charge is 2.27. The second-order valence-corrected chi connectivity index (χ2v) is 5.57. The molecule has 3 N–H and O–H groups in total. The number of nitrogens with zero attached hydrogens (tertiary/aromatic N) is 2. The molecule has 0 radical (unpaired) electrons. The topological polar surface area (TPSA) is 69.8 Å². The van der Waals surface area contributed by atoms with Crippen molar-refractivity contribution < 1.29 is 9.90 Å². The summed E-state index contributed by atoms with van der Waals surface area (Å²) in [6.07, 6.45) is 0.654. The molecule has 5 heteroatoms. The van der Waals surface area contributed by atoms with Gasteiger partial charge in [-0.05, 0) is 50.1 Å². The summed E-state index contributed by atoms with van der Waals surface area (Å²) in [6.45, 7) is 3.87. The van der Waals surface area contributed by atoms with Crippen LogP contribution in [0.4, 0.5) is 11.4 Å². The largest absolute Gasteiger partial charge is 0.399 e. The molecule has 1 aromatic carbocycles. The molecule has 1 aliphatic heterocycles. The van der Waals surface area contributed by atoms with E-state index in [0.717, 1.165) is 25.2 Å². The van der Waals surface area contributed by atoms with Crippen LogP contribution in [0.2, 0.25) is 0 Å². The summed E-state index contributed by atoms with van der Waals surface area (Å²) in [4.78, 5) is 16.0. The maximum Gasteiger partial charge on any atom is 0.240 e. The van der Waals surface area contributed by atoms with Crippen LogP contribution in [0.15, 0.2) is 24.3 Å². The van der Waals surface area contributed by atoms with Crippen molar-refractivity contribution in [2.24, 2.45) is 5.92 Å². The Kier molecular flexibility index (Phi) is 4.62. The number of anilines is 2. The Morgan fingerprint density at radius 1 is 1.50 bits per heavy atom. The van der Waals surface area contributed by atoms with Gasteiger partial charge in [0.25, 0.3) is 0 Å². The van der Waals surface area contributed by atoms with E-state index in [4.69, 9.17) is 5.73 Å². The molecule has 1 amide bonds. The van der Waals surface area contributed by atoms with Crippen LogP contribution in [0.3, 0.4) is 0 Å². The van der Waals surface area contributed by atoms with Gasteiger partial charge in [0.05, 0.1) is 12.6 Å². The monoisotopic (exact) mass is 277 g/mol. The molecule has 0 spiro atoms. The summed E-state index contributed by atoms with van der Waals surface area (Å²) in [6, 6.07) is 7.27. The van der Waals surface area contributed by atoms with E-state index in [1.807, 2.05) is 19.1 Å². The number of benzene rings is 1. The highest BCUT2D eigenvalue weighted by molar-refractivity contribution is 5.94. The summed E-state index contributed by atoms with van der Waals surface area (Å²) in [5.74, 6) is 0.339. The van der Waals surface area contributed by atoms with Gasteiger partial charge in [-0.3, -0.25) is 9.69 Å². The van der Waals surface area contributed by atoms with Gasteiger partial charge in [-0.25, -0.2) is 0 Å². The molecule has 1 heterocycles. The summed E-state index contributed by atoms with van der Waals surface area (Å²) in [7, 11) is 1.77. The van der Waals surface area contributed by atoms with Crippen LogP contribution in [0.5, 0.6) is 0 Å². The Balaban J connectivity index is 1.90. The number of likely N-dealkylation sites (N-methyl/N-ethyl adjacent to an activating group) is 1. The number of rotatable bonds is 4. The smallest absolute Gasteiger partial charge is 0.240 e. The first-order valence-corrected chi connectivity index (χ1v) is 7.00. The van der Waals surface area contributed by atoms with Crippen LogP contribution in [0.1, 0.15) is 13.3 Å². The number of likely N-dealkylation sites (tertiary alicyclic amines) is 1. The van der Waals surface area contributed by atoms with Gasteiger partial charge in [0, 0.05) is 25.0 Å². The molecular weight excluding hydrogens is 254 g/mol. The highest BCUT2D eigenvalue weighted by atomic mass is 16.3. The minimum absolute atomic E-state index is 0.0565. The summed E-state index contributed by atoms with van der Waals surface area (Å²) in [5.41, 5.74) is 7.18. The van der Waals surface area contributed by atoms with Gasteiger partial charge in [-0.1, -0.05) is 0 Å². The lowest BCUT2D eigenvalue weighted by Crippen LogP contribution is -2.37.